The Morgan fingerprint density at radius 2 is 2.44 bits per heavy atom. The first-order chi connectivity index (χ1) is 8.70. The summed E-state index contributed by atoms with van der Waals surface area (Å²) in [7, 11) is 0. The molecule has 0 spiro atoms. The largest absolute Gasteiger partial charge is 0.368 e. The van der Waals surface area contributed by atoms with E-state index in [2.05, 4.69) is 9.88 Å². The molecule has 1 atom stereocenters. The first-order valence-electron chi connectivity index (χ1n) is 6.09. The predicted molar refractivity (Wildman–Crippen MR) is 66.2 cm³/mol. The average molecular weight is 244 g/mol. The maximum absolute atomic E-state index is 11.4. The second-order valence-corrected chi connectivity index (χ2v) is 4.55. The van der Waals surface area contributed by atoms with Gasteiger partial charge in [-0.2, -0.15) is 5.26 Å². The van der Waals surface area contributed by atoms with Gasteiger partial charge in [0.25, 0.3) is 0 Å². The summed E-state index contributed by atoms with van der Waals surface area (Å²) in [4.78, 5) is 17.4. The number of likely N-dealkylation sites (tertiary alicyclic amines) is 1. The third kappa shape index (κ3) is 2.84. The van der Waals surface area contributed by atoms with Crippen molar-refractivity contribution in [3.63, 3.8) is 0 Å². The number of nitrogens with two attached hydrogens (primary N) is 1. The molecule has 1 aliphatic heterocycles. The van der Waals surface area contributed by atoms with E-state index in [-0.39, 0.29) is 11.9 Å². The number of aromatic nitrogens is 1. The number of pyridine rings is 1. The van der Waals surface area contributed by atoms with Crippen molar-refractivity contribution in [3.8, 4) is 6.07 Å². The molecule has 2 heterocycles. The summed E-state index contributed by atoms with van der Waals surface area (Å²) in [5.74, 6) is -0.260. The minimum atomic E-state index is -0.260. The molecule has 0 aromatic carbocycles. The highest BCUT2D eigenvalue weighted by molar-refractivity contribution is 5.79. The lowest BCUT2D eigenvalue weighted by Gasteiger charge is -2.33. The van der Waals surface area contributed by atoms with Crippen LogP contribution in [0.3, 0.4) is 0 Å². The average Bonchev–Trinajstić information content (AvgIpc) is 2.39. The van der Waals surface area contributed by atoms with E-state index >= 15 is 0 Å². The van der Waals surface area contributed by atoms with E-state index in [0.29, 0.717) is 12.2 Å². The fourth-order valence-corrected chi connectivity index (χ4v) is 2.37. The minimum absolute atomic E-state index is 0.183. The van der Waals surface area contributed by atoms with E-state index in [4.69, 9.17) is 11.0 Å². The molecule has 0 bridgehead atoms. The number of nitrogens with zero attached hydrogens (tertiary/aromatic N) is 3. The van der Waals surface area contributed by atoms with Gasteiger partial charge in [0.15, 0.2) is 0 Å². The molecule has 5 heteroatoms. The van der Waals surface area contributed by atoms with Crippen molar-refractivity contribution in [2.24, 2.45) is 5.73 Å². The molecule has 0 radical (unpaired) electrons. The van der Waals surface area contributed by atoms with Gasteiger partial charge in [0.05, 0.1) is 6.04 Å². The fourth-order valence-electron chi connectivity index (χ4n) is 2.37. The highest BCUT2D eigenvalue weighted by Crippen LogP contribution is 2.19. The van der Waals surface area contributed by atoms with Crippen LogP contribution in [0.15, 0.2) is 18.3 Å². The normalized spacial score (nSPS) is 20.3. The summed E-state index contributed by atoms with van der Waals surface area (Å²) in [5, 5.41) is 8.81. The van der Waals surface area contributed by atoms with Gasteiger partial charge < -0.3 is 5.73 Å². The van der Waals surface area contributed by atoms with E-state index in [1.54, 1.807) is 12.3 Å². The van der Waals surface area contributed by atoms with Crippen molar-refractivity contribution >= 4 is 5.91 Å². The zero-order valence-electron chi connectivity index (χ0n) is 10.2. The zero-order chi connectivity index (χ0) is 13.0. The van der Waals surface area contributed by atoms with Crippen molar-refractivity contribution in [3.05, 3.63) is 29.6 Å². The smallest absolute Gasteiger partial charge is 0.234 e. The molecule has 1 amide bonds. The number of hydrogen-bond donors (Lipinski definition) is 1. The first kappa shape index (κ1) is 12.5. The topological polar surface area (TPSA) is 83.0 Å². The monoisotopic (exact) mass is 244 g/mol. The van der Waals surface area contributed by atoms with Gasteiger partial charge in [-0.15, -0.1) is 0 Å². The van der Waals surface area contributed by atoms with E-state index in [0.717, 1.165) is 31.4 Å². The third-order valence-electron chi connectivity index (χ3n) is 3.27. The maximum atomic E-state index is 11.4. The van der Waals surface area contributed by atoms with Crippen LogP contribution in [0, 0.1) is 11.3 Å². The van der Waals surface area contributed by atoms with Gasteiger partial charge in [-0.3, -0.25) is 9.69 Å². The molecule has 1 saturated heterocycles. The number of carbonyl (C=O) groups is 1. The van der Waals surface area contributed by atoms with Crippen LogP contribution in [0.1, 0.15) is 30.5 Å². The number of nitriles is 1. The lowest BCUT2D eigenvalue weighted by molar-refractivity contribution is -0.124. The van der Waals surface area contributed by atoms with Crippen LogP contribution in [0.2, 0.25) is 0 Å². The molecule has 94 valence electrons. The highest BCUT2D eigenvalue weighted by atomic mass is 16.1. The van der Waals surface area contributed by atoms with Crippen LogP contribution >= 0.6 is 0 Å². The second-order valence-electron chi connectivity index (χ2n) is 4.55. The van der Waals surface area contributed by atoms with Crippen molar-refractivity contribution in [2.75, 3.05) is 6.54 Å². The molecule has 2 rings (SSSR count). The Kier molecular flexibility index (Phi) is 3.90. The molecule has 1 aromatic rings. The standard InChI is InChI=1S/C13H16N4O/c14-8-11-7-10(4-5-16-11)9-17-6-2-1-3-12(17)13(15)18/h4-5,7,12H,1-3,6,9H2,(H2,15,18). The van der Waals surface area contributed by atoms with E-state index < -0.39 is 0 Å². The lowest BCUT2D eigenvalue weighted by Crippen LogP contribution is -2.47. The predicted octanol–water partition coefficient (Wildman–Crippen LogP) is 0.793. The van der Waals surface area contributed by atoms with Crippen LogP contribution in [0.25, 0.3) is 0 Å². The van der Waals surface area contributed by atoms with Crippen LogP contribution in [-0.4, -0.2) is 28.4 Å². The summed E-state index contributed by atoms with van der Waals surface area (Å²) >= 11 is 0. The quantitative estimate of drug-likeness (QED) is 0.852. The number of amides is 1. The summed E-state index contributed by atoms with van der Waals surface area (Å²) in [5.41, 5.74) is 6.82. The highest BCUT2D eigenvalue weighted by Gasteiger charge is 2.26. The molecule has 1 aliphatic rings. The van der Waals surface area contributed by atoms with Crippen LogP contribution in [-0.2, 0) is 11.3 Å². The van der Waals surface area contributed by atoms with E-state index in [1.807, 2.05) is 12.1 Å². The minimum Gasteiger partial charge on any atom is -0.368 e. The molecule has 5 nitrogen and oxygen atoms in total. The Hall–Kier alpha value is -1.93. The van der Waals surface area contributed by atoms with Gasteiger partial charge in [-0.05, 0) is 37.1 Å². The lowest BCUT2D eigenvalue weighted by atomic mass is 10.0. The van der Waals surface area contributed by atoms with E-state index in [1.165, 1.54) is 0 Å². The van der Waals surface area contributed by atoms with Crippen molar-refractivity contribution in [1.82, 2.24) is 9.88 Å². The summed E-state index contributed by atoms with van der Waals surface area (Å²) in [6.45, 7) is 1.52. The molecule has 0 saturated carbocycles. The van der Waals surface area contributed by atoms with Gasteiger partial charge in [-0.25, -0.2) is 4.98 Å². The van der Waals surface area contributed by atoms with Crippen molar-refractivity contribution in [2.45, 2.75) is 31.8 Å². The molecule has 0 aliphatic carbocycles. The van der Waals surface area contributed by atoms with Crippen LogP contribution in [0.4, 0.5) is 0 Å². The third-order valence-corrected chi connectivity index (χ3v) is 3.27. The summed E-state index contributed by atoms with van der Waals surface area (Å²) in [6, 6.07) is 5.46. The number of primary amides is 1. The Bertz CT molecular complexity index is 480. The molecule has 1 unspecified atom stereocenters. The molecular formula is C13H16N4O. The summed E-state index contributed by atoms with van der Waals surface area (Å²) < 4.78 is 0. The maximum Gasteiger partial charge on any atom is 0.234 e. The number of hydrogen-bond acceptors (Lipinski definition) is 4. The Morgan fingerprint density at radius 3 is 3.17 bits per heavy atom. The summed E-state index contributed by atoms with van der Waals surface area (Å²) in [6.07, 6.45) is 4.58. The van der Waals surface area contributed by atoms with Gasteiger partial charge in [0.1, 0.15) is 11.8 Å². The zero-order valence-corrected chi connectivity index (χ0v) is 10.2. The Balaban J connectivity index is 2.11. The second kappa shape index (κ2) is 5.61. The van der Waals surface area contributed by atoms with Gasteiger partial charge >= 0.3 is 0 Å². The molecule has 1 aromatic heterocycles. The first-order valence-corrected chi connectivity index (χ1v) is 6.09. The molecular weight excluding hydrogens is 228 g/mol. The Labute approximate surface area is 106 Å². The van der Waals surface area contributed by atoms with Gasteiger partial charge in [-0.1, -0.05) is 6.42 Å². The molecule has 2 N–H and O–H groups in total. The van der Waals surface area contributed by atoms with Crippen LogP contribution in [0.5, 0.6) is 0 Å². The number of rotatable bonds is 3. The van der Waals surface area contributed by atoms with Crippen molar-refractivity contribution < 1.29 is 4.79 Å². The molecule has 1 fully saturated rings. The van der Waals surface area contributed by atoms with Gasteiger partial charge in [0, 0.05) is 12.7 Å². The Morgan fingerprint density at radius 1 is 1.61 bits per heavy atom. The van der Waals surface area contributed by atoms with Crippen LogP contribution < -0.4 is 5.73 Å². The fraction of sp³-hybridized carbons (Fsp3) is 0.462. The van der Waals surface area contributed by atoms with Crippen molar-refractivity contribution in [1.29, 1.82) is 5.26 Å². The molecule has 18 heavy (non-hydrogen) atoms. The van der Waals surface area contributed by atoms with E-state index in [9.17, 15) is 4.79 Å². The number of carbonyl (C=O) groups excluding carboxylic acids is 1. The number of piperidine rings is 1. The van der Waals surface area contributed by atoms with Gasteiger partial charge in [0.2, 0.25) is 5.91 Å². The SMILES string of the molecule is N#Cc1cc(CN2CCCCC2C(N)=O)ccn1.